The zero-order valence-electron chi connectivity index (χ0n) is 16.6. The first kappa shape index (κ1) is 23.7. The highest BCUT2D eigenvalue weighted by Gasteiger charge is 2.31. The summed E-state index contributed by atoms with van der Waals surface area (Å²) in [6.07, 6.45) is 14.6. The molecule has 1 rings (SSSR count). The highest BCUT2D eigenvalue weighted by Crippen LogP contribution is 2.18. The van der Waals surface area contributed by atoms with Gasteiger partial charge in [-0.1, -0.05) is 64.7 Å². The summed E-state index contributed by atoms with van der Waals surface area (Å²) in [6.45, 7) is 8.40. The van der Waals surface area contributed by atoms with E-state index in [4.69, 9.17) is 17.1 Å². The van der Waals surface area contributed by atoms with Crippen LogP contribution < -0.4 is 0 Å². The largest absolute Gasteiger partial charge is 0.435 e. The molecule has 25 heavy (non-hydrogen) atoms. The number of rotatable bonds is 10. The summed E-state index contributed by atoms with van der Waals surface area (Å²) in [7, 11) is -2.56. The third kappa shape index (κ3) is 13.5. The fraction of sp³-hybridized carbons (Fsp3) is 1.00. The molecule has 0 amide bonds. The lowest BCUT2D eigenvalue weighted by Gasteiger charge is -2.27. The summed E-state index contributed by atoms with van der Waals surface area (Å²) in [5.74, 6) is 0. The minimum Gasteiger partial charge on any atom is -0.435 e. The van der Waals surface area contributed by atoms with Crippen LogP contribution in [-0.4, -0.2) is 49.6 Å². The van der Waals surface area contributed by atoms with Crippen molar-refractivity contribution in [2.45, 2.75) is 96.7 Å². The first-order valence-electron chi connectivity index (χ1n) is 10.3. The van der Waals surface area contributed by atoms with Crippen LogP contribution in [0.2, 0.25) is 19.1 Å². The van der Waals surface area contributed by atoms with Gasteiger partial charge < -0.3 is 17.1 Å². The summed E-state index contributed by atoms with van der Waals surface area (Å²) in [6, 6.07) is 1.23. The Morgan fingerprint density at radius 2 is 1.56 bits per heavy atom. The van der Waals surface area contributed by atoms with E-state index in [0.29, 0.717) is 9.28 Å². The van der Waals surface area contributed by atoms with Crippen LogP contribution in [0.1, 0.15) is 77.6 Å². The van der Waals surface area contributed by atoms with Crippen LogP contribution in [0.5, 0.6) is 0 Å². The quantitative estimate of drug-likeness (QED) is 0.388. The molecule has 0 aromatic heterocycles. The lowest BCUT2D eigenvalue weighted by Crippen LogP contribution is -2.45. The summed E-state index contributed by atoms with van der Waals surface area (Å²) in [4.78, 5) is 0. The maximum Gasteiger partial charge on any atom is 0.411 e. The second kappa shape index (κ2) is 15.7. The van der Waals surface area contributed by atoms with Crippen LogP contribution in [-0.2, 0) is 17.1 Å². The molecule has 0 bridgehead atoms. The molecule has 0 N–H and O–H groups in total. The van der Waals surface area contributed by atoms with Crippen molar-refractivity contribution < 1.29 is 17.1 Å². The van der Waals surface area contributed by atoms with Crippen molar-refractivity contribution in [2.24, 2.45) is 0 Å². The molecule has 1 fully saturated rings. The van der Waals surface area contributed by atoms with Crippen molar-refractivity contribution in [3.63, 3.8) is 0 Å². The minimum absolute atomic E-state index is 0.133. The Kier molecular flexibility index (Phi) is 14.9. The van der Waals surface area contributed by atoms with Gasteiger partial charge in [-0.25, -0.2) is 0 Å². The summed E-state index contributed by atoms with van der Waals surface area (Å²) in [5, 5.41) is 0. The van der Waals surface area contributed by atoms with Gasteiger partial charge in [-0.05, 0) is 32.0 Å². The highest BCUT2D eigenvalue weighted by molar-refractivity contribution is 7.19. The van der Waals surface area contributed by atoms with Crippen molar-refractivity contribution in [3.8, 4) is 0 Å². The minimum atomic E-state index is -1.71. The zero-order chi connectivity index (χ0) is 18.2. The van der Waals surface area contributed by atoms with Gasteiger partial charge in [0.15, 0.2) is 0 Å². The normalized spacial score (nSPS) is 26.8. The molecule has 4 radical (unpaired) electrons. The van der Waals surface area contributed by atoms with Gasteiger partial charge >= 0.3 is 19.3 Å². The molecule has 1 aliphatic rings. The van der Waals surface area contributed by atoms with Gasteiger partial charge in [0.2, 0.25) is 17.1 Å². The Labute approximate surface area is 163 Å². The highest BCUT2D eigenvalue weighted by atomic mass is 29.2. The predicted octanol–water partition coefficient (Wildman–Crippen LogP) is 4.45. The van der Waals surface area contributed by atoms with Crippen LogP contribution in [0.3, 0.4) is 0 Å². The molecule has 1 aliphatic heterocycles. The van der Waals surface area contributed by atoms with E-state index in [0.717, 1.165) is 26.1 Å². The van der Waals surface area contributed by atoms with E-state index >= 15 is 0 Å². The van der Waals surface area contributed by atoms with Gasteiger partial charge in [0, 0.05) is 13.2 Å². The molecule has 0 saturated carbocycles. The van der Waals surface area contributed by atoms with Crippen molar-refractivity contribution in [2.75, 3.05) is 13.2 Å². The van der Waals surface area contributed by atoms with Gasteiger partial charge in [0.05, 0.1) is 0 Å². The predicted molar refractivity (Wildman–Crippen MR) is 111 cm³/mol. The van der Waals surface area contributed by atoms with Gasteiger partial charge in [0.25, 0.3) is 0 Å². The Morgan fingerprint density at radius 1 is 0.920 bits per heavy atom. The second-order valence-corrected chi connectivity index (χ2v) is 17.8. The molecular weight excluding hydrogens is 381 g/mol. The van der Waals surface area contributed by atoms with Crippen LogP contribution in [0.4, 0.5) is 0 Å². The Bertz CT molecular complexity index is 312. The third-order valence-corrected chi connectivity index (χ3v) is 13.7. The fourth-order valence-corrected chi connectivity index (χ4v) is 11.4. The van der Waals surface area contributed by atoms with E-state index in [1.165, 1.54) is 63.8 Å². The average Bonchev–Trinajstić information content (AvgIpc) is 2.59. The van der Waals surface area contributed by atoms with Crippen molar-refractivity contribution >= 4 is 36.4 Å². The lowest BCUT2D eigenvalue weighted by molar-refractivity contribution is 0.234. The van der Waals surface area contributed by atoms with Crippen LogP contribution >= 0.6 is 0 Å². The molecule has 2 unspecified atom stereocenters. The molecule has 4 nitrogen and oxygen atoms in total. The number of hydrogen-bond donors (Lipinski definition) is 0. The van der Waals surface area contributed by atoms with E-state index < -0.39 is 17.1 Å². The van der Waals surface area contributed by atoms with Crippen molar-refractivity contribution in [1.82, 2.24) is 0 Å². The average molecular weight is 419 g/mol. The van der Waals surface area contributed by atoms with E-state index in [-0.39, 0.29) is 10.0 Å². The fourth-order valence-electron chi connectivity index (χ4n) is 2.93. The van der Waals surface area contributed by atoms with Crippen molar-refractivity contribution in [3.05, 3.63) is 0 Å². The number of unbranched alkanes of at least 4 members (excludes halogenated alkanes) is 8. The van der Waals surface area contributed by atoms with Gasteiger partial charge in [-0.3, -0.25) is 0 Å². The van der Waals surface area contributed by atoms with Crippen molar-refractivity contribution in [1.29, 1.82) is 0 Å². The number of hydrogen-bond acceptors (Lipinski definition) is 4. The standard InChI is InChI=1S/C17H38O4Si4/c1-4-5-6-7-8-9-10-11-14-17-25(3)19-16-13-12-15-18-24(2)21-22-20-23-25/h24H,4-17H2,1-3H3. The molecule has 0 aromatic rings. The molecule has 1 heterocycles. The molecule has 8 heteroatoms. The molecular formula is C17H38O4Si4. The maximum atomic E-state index is 6.33. The summed E-state index contributed by atoms with van der Waals surface area (Å²) >= 11 is 0. The first-order chi connectivity index (χ1) is 12.2. The SMILES string of the molecule is CCCCCCCCCCC[Si]1(C)OCCCCO[SiH](C)O[Si]O[Si]1. The Hall–Kier alpha value is 0.708. The summed E-state index contributed by atoms with van der Waals surface area (Å²) in [5.41, 5.74) is 0. The van der Waals surface area contributed by atoms with E-state index in [1.54, 1.807) is 0 Å². The van der Waals surface area contributed by atoms with Crippen LogP contribution in [0.25, 0.3) is 0 Å². The molecule has 0 aliphatic carbocycles. The smallest absolute Gasteiger partial charge is 0.411 e. The Balaban J connectivity index is 2.16. The van der Waals surface area contributed by atoms with Crippen LogP contribution in [0, 0.1) is 0 Å². The molecule has 2 atom stereocenters. The Morgan fingerprint density at radius 3 is 2.28 bits per heavy atom. The monoisotopic (exact) mass is 418 g/mol. The zero-order valence-corrected chi connectivity index (χ0v) is 20.8. The molecule has 0 aromatic carbocycles. The third-order valence-electron chi connectivity index (χ3n) is 4.59. The van der Waals surface area contributed by atoms with Gasteiger partial charge in [0.1, 0.15) is 0 Å². The second-order valence-electron chi connectivity index (χ2n) is 7.21. The first-order valence-corrected chi connectivity index (χ1v) is 17.7. The van der Waals surface area contributed by atoms with E-state index in [2.05, 4.69) is 20.0 Å². The van der Waals surface area contributed by atoms with Gasteiger partial charge in [-0.15, -0.1) is 0 Å². The van der Waals surface area contributed by atoms with E-state index in [1.807, 2.05) is 0 Å². The molecule has 1 saturated heterocycles. The topological polar surface area (TPSA) is 36.9 Å². The molecule has 146 valence electrons. The molecule has 0 spiro atoms. The lowest BCUT2D eigenvalue weighted by atomic mass is 10.1. The van der Waals surface area contributed by atoms with Gasteiger partial charge in [-0.2, -0.15) is 0 Å². The van der Waals surface area contributed by atoms with Crippen LogP contribution in [0.15, 0.2) is 0 Å². The summed E-state index contributed by atoms with van der Waals surface area (Å²) < 4.78 is 23.6. The van der Waals surface area contributed by atoms with E-state index in [9.17, 15) is 0 Å². The maximum absolute atomic E-state index is 6.33.